The highest BCUT2D eigenvalue weighted by Gasteiger charge is 2.09. The Balaban J connectivity index is 2.02. The zero-order valence-corrected chi connectivity index (χ0v) is 15.4. The zero-order chi connectivity index (χ0) is 16.8. The molecular formula is C16H26N6S. The molecule has 0 atom stereocenters. The first-order valence-corrected chi connectivity index (χ1v) is 8.81. The van der Waals surface area contributed by atoms with Gasteiger partial charge in [-0.05, 0) is 27.2 Å². The van der Waals surface area contributed by atoms with E-state index in [1.54, 1.807) is 11.3 Å². The molecule has 0 fully saturated rings. The molecule has 2 N–H and O–H groups in total. The topological polar surface area (TPSA) is 67.1 Å². The molecule has 0 aliphatic carbocycles. The summed E-state index contributed by atoms with van der Waals surface area (Å²) in [5, 5.41) is 12.2. The summed E-state index contributed by atoms with van der Waals surface area (Å²) in [6, 6.07) is 0. The number of rotatable bonds is 6. The van der Waals surface area contributed by atoms with E-state index in [9.17, 15) is 0 Å². The molecule has 0 unspecified atom stereocenters. The third-order valence-electron chi connectivity index (χ3n) is 3.76. The van der Waals surface area contributed by atoms with Crippen LogP contribution in [0.25, 0.3) is 0 Å². The van der Waals surface area contributed by atoms with Gasteiger partial charge in [-0.1, -0.05) is 6.92 Å². The van der Waals surface area contributed by atoms with Crippen LogP contribution in [0.15, 0.2) is 11.2 Å². The van der Waals surface area contributed by atoms with Gasteiger partial charge in [0.15, 0.2) is 5.96 Å². The summed E-state index contributed by atoms with van der Waals surface area (Å²) in [4.78, 5) is 10.4. The summed E-state index contributed by atoms with van der Waals surface area (Å²) in [5.74, 6) is 0.809. The first-order chi connectivity index (χ1) is 11.0. The molecule has 0 aromatic carbocycles. The Morgan fingerprint density at radius 1 is 1.30 bits per heavy atom. The van der Waals surface area contributed by atoms with Crippen molar-refractivity contribution in [2.75, 3.05) is 6.54 Å². The number of aromatic nitrogens is 3. The average Bonchev–Trinajstić information content (AvgIpc) is 3.08. The van der Waals surface area contributed by atoms with E-state index in [0.717, 1.165) is 35.3 Å². The molecule has 2 aromatic rings. The van der Waals surface area contributed by atoms with E-state index in [2.05, 4.69) is 46.5 Å². The second-order valence-electron chi connectivity index (χ2n) is 5.40. The Kier molecular flexibility index (Phi) is 6.15. The number of aliphatic imine (C=N–C) groups is 1. The Morgan fingerprint density at radius 2 is 2.09 bits per heavy atom. The maximum Gasteiger partial charge on any atom is 0.191 e. The minimum absolute atomic E-state index is 0.624. The quantitative estimate of drug-likeness (QED) is 0.628. The molecule has 23 heavy (non-hydrogen) atoms. The minimum Gasteiger partial charge on any atom is -0.357 e. The molecule has 0 saturated heterocycles. The van der Waals surface area contributed by atoms with Crippen molar-refractivity contribution in [3.05, 3.63) is 33.0 Å². The van der Waals surface area contributed by atoms with Crippen LogP contribution in [0.3, 0.4) is 0 Å². The van der Waals surface area contributed by atoms with Crippen LogP contribution in [0.5, 0.6) is 0 Å². The molecule has 126 valence electrons. The van der Waals surface area contributed by atoms with Crippen LogP contribution in [-0.2, 0) is 26.6 Å². The van der Waals surface area contributed by atoms with E-state index in [-0.39, 0.29) is 0 Å². The molecule has 2 aromatic heterocycles. The summed E-state index contributed by atoms with van der Waals surface area (Å²) in [7, 11) is 1.97. The van der Waals surface area contributed by atoms with E-state index in [4.69, 9.17) is 0 Å². The lowest BCUT2D eigenvalue weighted by Crippen LogP contribution is -2.36. The highest BCUT2D eigenvalue weighted by molar-refractivity contribution is 7.11. The molecule has 0 radical (unpaired) electrons. The highest BCUT2D eigenvalue weighted by atomic mass is 32.1. The number of hydrogen-bond acceptors (Lipinski definition) is 4. The monoisotopic (exact) mass is 334 g/mol. The average molecular weight is 334 g/mol. The van der Waals surface area contributed by atoms with Crippen LogP contribution in [0.4, 0.5) is 0 Å². The lowest BCUT2D eigenvalue weighted by Gasteiger charge is -2.10. The first-order valence-electron chi connectivity index (χ1n) is 7.99. The Hall–Kier alpha value is -1.89. The lowest BCUT2D eigenvalue weighted by atomic mass is 10.2. The molecule has 0 spiro atoms. The van der Waals surface area contributed by atoms with Crippen LogP contribution in [-0.4, -0.2) is 27.3 Å². The van der Waals surface area contributed by atoms with Crippen molar-refractivity contribution in [2.24, 2.45) is 12.0 Å². The van der Waals surface area contributed by atoms with Gasteiger partial charge in [-0.25, -0.2) is 9.98 Å². The number of guanidine groups is 1. The van der Waals surface area contributed by atoms with Crippen LogP contribution >= 0.6 is 11.3 Å². The van der Waals surface area contributed by atoms with Gasteiger partial charge in [0.05, 0.1) is 18.8 Å². The molecule has 0 aliphatic heterocycles. The van der Waals surface area contributed by atoms with Gasteiger partial charge in [0.1, 0.15) is 5.01 Å². The number of nitrogens with one attached hydrogen (secondary N) is 2. The third-order valence-corrected chi connectivity index (χ3v) is 4.90. The van der Waals surface area contributed by atoms with Gasteiger partial charge in [0, 0.05) is 35.9 Å². The van der Waals surface area contributed by atoms with E-state index in [0.29, 0.717) is 13.1 Å². The molecule has 2 heterocycles. The minimum atomic E-state index is 0.624. The van der Waals surface area contributed by atoms with Crippen molar-refractivity contribution in [1.29, 1.82) is 0 Å². The normalized spacial score (nSPS) is 11.8. The standard InChI is InChI=1S/C16H26N6S/c1-6-13-8-18-15(23-13)10-20-16(17-7-2)19-9-14-11(3)21-22(5)12(14)4/h8H,6-7,9-10H2,1-5H3,(H2,17,19,20). The molecular weight excluding hydrogens is 308 g/mol. The smallest absolute Gasteiger partial charge is 0.191 e. The van der Waals surface area contributed by atoms with Gasteiger partial charge in [0.2, 0.25) is 0 Å². The van der Waals surface area contributed by atoms with Crippen LogP contribution in [0, 0.1) is 13.8 Å². The molecule has 0 aliphatic rings. The Morgan fingerprint density at radius 3 is 2.65 bits per heavy atom. The number of hydrogen-bond donors (Lipinski definition) is 2. The largest absolute Gasteiger partial charge is 0.357 e. The van der Waals surface area contributed by atoms with Crippen LogP contribution in [0.1, 0.15) is 40.7 Å². The maximum atomic E-state index is 4.68. The molecule has 0 bridgehead atoms. The number of thiazole rings is 1. The lowest BCUT2D eigenvalue weighted by molar-refractivity contribution is 0.730. The highest BCUT2D eigenvalue weighted by Crippen LogP contribution is 2.14. The van der Waals surface area contributed by atoms with Crippen LogP contribution < -0.4 is 10.6 Å². The molecule has 0 saturated carbocycles. The Bertz CT molecular complexity index is 670. The fourth-order valence-corrected chi connectivity index (χ4v) is 3.10. The predicted octanol–water partition coefficient (Wildman–Crippen LogP) is 2.31. The van der Waals surface area contributed by atoms with Gasteiger partial charge in [-0.15, -0.1) is 11.3 Å². The van der Waals surface area contributed by atoms with Gasteiger partial charge in [0.25, 0.3) is 0 Å². The van der Waals surface area contributed by atoms with E-state index < -0.39 is 0 Å². The SMILES string of the molecule is CCNC(=NCc1c(C)nn(C)c1C)NCc1ncc(CC)s1. The summed E-state index contributed by atoms with van der Waals surface area (Å²) in [6.07, 6.45) is 2.99. The predicted molar refractivity (Wildman–Crippen MR) is 95.8 cm³/mol. The summed E-state index contributed by atoms with van der Waals surface area (Å²) >= 11 is 1.75. The van der Waals surface area contributed by atoms with Gasteiger partial charge >= 0.3 is 0 Å². The van der Waals surface area contributed by atoms with Crippen molar-refractivity contribution in [1.82, 2.24) is 25.4 Å². The third kappa shape index (κ3) is 4.54. The van der Waals surface area contributed by atoms with Gasteiger partial charge in [-0.2, -0.15) is 5.10 Å². The fraction of sp³-hybridized carbons (Fsp3) is 0.562. The summed E-state index contributed by atoms with van der Waals surface area (Å²) in [6.45, 7) is 10.5. The molecule has 0 amide bonds. The van der Waals surface area contributed by atoms with Gasteiger partial charge in [-0.3, -0.25) is 4.68 Å². The Labute approximate surface area is 142 Å². The fourth-order valence-electron chi connectivity index (χ4n) is 2.30. The second kappa shape index (κ2) is 8.10. The molecule has 2 rings (SSSR count). The molecule has 7 heteroatoms. The van der Waals surface area contributed by atoms with Gasteiger partial charge < -0.3 is 10.6 Å². The van der Waals surface area contributed by atoms with Crippen molar-refractivity contribution in [2.45, 2.75) is 47.2 Å². The zero-order valence-electron chi connectivity index (χ0n) is 14.6. The summed E-state index contributed by atoms with van der Waals surface area (Å²) < 4.78 is 1.91. The number of aryl methyl sites for hydroxylation is 3. The second-order valence-corrected chi connectivity index (χ2v) is 6.60. The van der Waals surface area contributed by atoms with Crippen molar-refractivity contribution < 1.29 is 0 Å². The van der Waals surface area contributed by atoms with Crippen molar-refractivity contribution in [3.8, 4) is 0 Å². The first kappa shape index (κ1) is 17.5. The van der Waals surface area contributed by atoms with Crippen molar-refractivity contribution >= 4 is 17.3 Å². The number of nitrogens with zero attached hydrogens (tertiary/aromatic N) is 4. The van der Waals surface area contributed by atoms with E-state index in [1.807, 2.05) is 24.9 Å². The maximum absolute atomic E-state index is 4.68. The van der Waals surface area contributed by atoms with Crippen molar-refractivity contribution in [3.63, 3.8) is 0 Å². The van der Waals surface area contributed by atoms with Crippen LogP contribution in [0.2, 0.25) is 0 Å². The van der Waals surface area contributed by atoms with E-state index in [1.165, 1.54) is 10.4 Å². The summed E-state index contributed by atoms with van der Waals surface area (Å²) in [5.41, 5.74) is 3.39. The van der Waals surface area contributed by atoms with E-state index >= 15 is 0 Å². The molecule has 6 nitrogen and oxygen atoms in total.